The number of halogens is 1. The summed E-state index contributed by atoms with van der Waals surface area (Å²) in [5, 5.41) is 2.76. The maximum Gasteiger partial charge on any atom is 0.264 e. The second kappa shape index (κ2) is 9.34. The van der Waals surface area contributed by atoms with Crippen molar-refractivity contribution in [3.05, 3.63) is 82.3 Å². The number of para-hydroxylation sites is 1. The first-order valence-electron chi connectivity index (χ1n) is 10.2. The van der Waals surface area contributed by atoms with E-state index in [0.717, 1.165) is 28.6 Å². The van der Waals surface area contributed by atoms with Crippen LogP contribution in [0.5, 0.6) is 5.75 Å². The molecule has 1 aliphatic heterocycles. The van der Waals surface area contributed by atoms with Gasteiger partial charge in [-0.25, -0.2) is 8.42 Å². The van der Waals surface area contributed by atoms with Crippen LogP contribution in [-0.4, -0.2) is 27.5 Å². The summed E-state index contributed by atoms with van der Waals surface area (Å²) < 4.78 is 34.6. The summed E-state index contributed by atoms with van der Waals surface area (Å²) in [6.07, 6.45) is 1.65. The first kappa shape index (κ1) is 22.4. The van der Waals surface area contributed by atoms with Gasteiger partial charge in [-0.15, -0.1) is 0 Å². The highest BCUT2D eigenvalue weighted by atomic mass is 79.9. The van der Waals surface area contributed by atoms with Crippen LogP contribution in [0, 0.1) is 6.92 Å². The number of benzene rings is 3. The third kappa shape index (κ3) is 4.81. The van der Waals surface area contributed by atoms with Gasteiger partial charge in [-0.05, 0) is 73.4 Å². The van der Waals surface area contributed by atoms with Crippen molar-refractivity contribution < 1.29 is 17.9 Å². The minimum Gasteiger partial charge on any atom is -0.483 e. The van der Waals surface area contributed by atoms with Gasteiger partial charge in [0.25, 0.3) is 15.9 Å². The van der Waals surface area contributed by atoms with Gasteiger partial charge in [-0.3, -0.25) is 9.10 Å². The van der Waals surface area contributed by atoms with Crippen molar-refractivity contribution in [1.29, 1.82) is 0 Å². The molecule has 3 aromatic carbocycles. The second-order valence-electron chi connectivity index (χ2n) is 7.58. The van der Waals surface area contributed by atoms with Crippen molar-refractivity contribution >= 4 is 43.2 Å². The molecule has 6 nitrogen and oxygen atoms in total. The summed E-state index contributed by atoms with van der Waals surface area (Å²) in [6.45, 7) is 2.04. The highest BCUT2D eigenvalue weighted by molar-refractivity contribution is 9.10. The molecule has 0 saturated heterocycles. The zero-order valence-corrected chi connectivity index (χ0v) is 19.9. The van der Waals surface area contributed by atoms with E-state index in [2.05, 4.69) is 21.2 Å². The third-order valence-corrected chi connectivity index (χ3v) is 7.57. The molecule has 0 spiro atoms. The highest BCUT2D eigenvalue weighted by Gasteiger charge is 2.29. The predicted molar refractivity (Wildman–Crippen MR) is 129 cm³/mol. The smallest absolute Gasteiger partial charge is 0.264 e. The van der Waals surface area contributed by atoms with Crippen LogP contribution in [-0.2, 0) is 21.2 Å². The average Bonchev–Trinajstić information content (AvgIpc) is 2.77. The lowest BCUT2D eigenvalue weighted by atomic mass is 10.0. The summed E-state index contributed by atoms with van der Waals surface area (Å²) in [5.74, 6) is 0.163. The van der Waals surface area contributed by atoms with E-state index in [1.807, 2.05) is 36.4 Å². The van der Waals surface area contributed by atoms with Crippen LogP contribution in [0.3, 0.4) is 0 Å². The Labute approximate surface area is 196 Å². The molecule has 1 aliphatic rings. The maximum atomic E-state index is 13.3. The molecule has 3 aromatic rings. The molecule has 0 bridgehead atoms. The fraction of sp³-hybridized carbons (Fsp3) is 0.208. The number of carbonyl (C=O) groups is 1. The topological polar surface area (TPSA) is 75.7 Å². The Hall–Kier alpha value is -2.84. The standard InChI is InChI=1S/C24H23BrN2O4S/c1-17-14-21(32(29,30)27-13-5-7-18-6-2-3-10-22(18)27)11-12-23(17)31-16-24(28)26-20-9-4-8-19(25)15-20/h2-4,6,8-12,14-15H,5,7,13,16H2,1H3,(H,26,28). The number of hydrogen-bond donors (Lipinski definition) is 1. The van der Waals surface area contributed by atoms with E-state index in [4.69, 9.17) is 4.74 Å². The molecular weight excluding hydrogens is 492 g/mol. The van der Waals surface area contributed by atoms with Gasteiger partial charge < -0.3 is 10.1 Å². The molecule has 1 heterocycles. The van der Waals surface area contributed by atoms with E-state index in [0.29, 0.717) is 23.5 Å². The number of fused-ring (bicyclic) bond motifs is 1. The van der Waals surface area contributed by atoms with Crippen molar-refractivity contribution in [2.24, 2.45) is 0 Å². The van der Waals surface area contributed by atoms with E-state index in [-0.39, 0.29) is 17.4 Å². The Balaban J connectivity index is 1.47. The van der Waals surface area contributed by atoms with Crippen LogP contribution in [0.2, 0.25) is 0 Å². The largest absolute Gasteiger partial charge is 0.483 e. The number of nitrogens with zero attached hydrogens (tertiary/aromatic N) is 1. The van der Waals surface area contributed by atoms with Crippen molar-refractivity contribution in [3.8, 4) is 5.75 Å². The normalized spacial score (nSPS) is 13.4. The van der Waals surface area contributed by atoms with Crippen LogP contribution >= 0.6 is 15.9 Å². The van der Waals surface area contributed by atoms with Gasteiger partial charge in [0, 0.05) is 16.7 Å². The quantitative estimate of drug-likeness (QED) is 0.506. The number of anilines is 2. The zero-order chi connectivity index (χ0) is 22.7. The van der Waals surface area contributed by atoms with E-state index in [1.54, 1.807) is 31.2 Å². The van der Waals surface area contributed by atoms with Crippen LogP contribution in [0.15, 0.2) is 76.1 Å². The van der Waals surface area contributed by atoms with Crippen LogP contribution in [0.25, 0.3) is 0 Å². The summed E-state index contributed by atoms with van der Waals surface area (Å²) in [7, 11) is -3.70. The van der Waals surface area contributed by atoms with Gasteiger partial charge in [0.1, 0.15) is 5.75 Å². The number of aryl methyl sites for hydroxylation is 2. The first-order valence-corrected chi connectivity index (χ1v) is 12.5. The number of sulfonamides is 1. The van der Waals surface area contributed by atoms with Crippen molar-refractivity contribution in [2.75, 3.05) is 22.8 Å². The van der Waals surface area contributed by atoms with E-state index >= 15 is 0 Å². The average molecular weight is 515 g/mol. The molecule has 1 N–H and O–H groups in total. The minimum atomic E-state index is -3.70. The maximum absolute atomic E-state index is 13.3. The SMILES string of the molecule is Cc1cc(S(=O)(=O)N2CCCc3ccccc32)ccc1OCC(=O)Nc1cccc(Br)c1. The number of nitrogens with one attached hydrogen (secondary N) is 1. The Morgan fingerprint density at radius 2 is 1.91 bits per heavy atom. The van der Waals surface area contributed by atoms with E-state index < -0.39 is 10.0 Å². The summed E-state index contributed by atoms with van der Waals surface area (Å²) in [6, 6.07) is 19.6. The number of ether oxygens (including phenoxy) is 1. The summed E-state index contributed by atoms with van der Waals surface area (Å²) in [4.78, 5) is 12.4. The van der Waals surface area contributed by atoms with Gasteiger partial charge in [0.05, 0.1) is 10.6 Å². The number of carbonyl (C=O) groups excluding carboxylic acids is 1. The molecule has 0 fully saturated rings. The molecule has 8 heteroatoms. The lowest BCUT2D eigenvalue weighted by Gasteiger charge is -2.30. The Bertz CT molecular complexity index is 1260. The summed E-state index contributed by atoms with van der Waals surface area (Å²) >= 11 is 3.36. The number of amides is 1. The molecular formula is C24H23BrN2O4S. The predicted octanol–water partition coefficient (Wildman–Crippen LogP) is 4.92. The molecule has 32 heavy (non-hydrogen) atoms. The van der Waals surface area contributed by atoms with Crippen molar-refractivity contribution in [3.63, 3.8) is 0 Å². The summed E-state index contributed by atoms with van der Waals surface area (Å²) in [5.41, 5.74) is 3.08. The van der Waals surface area contributed by atoms with Crippen LogP contribution < -0.4 is 14.4 Å². The van der Waals surface area contributed by atoms with Gasteiger partial charge in [0.2, 0.25) is 0 Å². The van der Waals surface area contributed by atoms with E-state index in [9.17, 15) is 13.2 Å². The fourth-order valence-electron chi connectivity index (χ4n) is 3.73. The molecule has 0 aromatic heterocycles. The van der Waals surface area contributed by atoms with Crippen molar-refractivity contribution in [1.82, 2.24) is 0 Å². The third-order valence-electron chi connectivity index (χ3n) is 5.27. The Kier molecular flexibility index (Phi) is 6.53. The lowest BCUT2D eigenvalue weighted by molar-refractivity contribution is -0.118. The van der Waals surface area contributed by atoms with Crippen LogP contribution in [0.1, 0.15) is 17.5 Å². The van der Waals surface area contributed by atoms with Gasteiger partial charge in [0.15, 0.2) is 6.61 Å². The molecule has 1 amide bonds. The van der Waals surface area contributed by atoms with Crippen molar-refractivity contribution in [2.45, 2.75) is 24.7 Å². The lowest BCUT2D eigenvalue weighted by Crippen LogP contribution is -2.35. The highest BCUT2D eigenvalue weighted by Crippen LogP contribution is 2.33. The van der Waals surface area contributed by atoms with Gasteiger partial charge in [-0.2, -0.15) is 0 Å². The molecule has 0 aliphatic carbocycles. The van der Waals surface area contributed by atoms with Gasteiger partial charge in [-0.1, -0.05) is 40.2 Å². The molecule has 166 valence electrons. The number of hydrogen-bond acceptors (Lipinski definition) is 4. The zero-order valence-electron chi connectivity index (χ0n) is 17.5. The fourth-order valence-corrected chi connectivity index (χ4v) is 5.75. The monoisotopic (exact) mass is 514 g/mol. The Morgan fingerprint density at radius 3 is 2.69 bits per heavy atom. The van der Waals surface area contributed by atoms with Gasteiger partial charge >= 0.3 is 0 Å². The minimum absolute atomic E-state index is 0.182. The molecule has 0 unspecified atom stereocenters. The molecule has 4 rings (SSSR count). The second-order valence-corrected chi connectivity index (χ2v) is 10.4. The molecule has 0 saturated carbocycles. The number of rotatable bonds is 6. The Morgan fingerprint density at radius 1 is 1.09 bits per heavy atom. The van der Waals surface area contributed by atoms with Crippen LogP contribution in [0.4, 0.5) is 11.4 Å². The van der Waals surface area contributed by atoms with E-state index in [1.165, 1.54) is 10.4 Å². The first-order chi connectivity index (χ1) is 15.3. The molecule has 0 atom stereocenters. The molecule has 0 radical (unpaired) electrons.